The van der Waals surface area contributed by atoms with E-state index in [1.54, 1.807) is 12.0 Å². The fourth-order valence-electron chi connectivity index (χ4n) is 3.75. The molecule has 0 unspecified atom stereocenters. The largest absolute Gasteiger partial charge is 0.497 e. The standard InChI is InChI=1S/C15H17N3O2S.C11H18O.C4H8/c1-17-13-7-3-2-6-12(13)16-15(17)21-10-14(20)18-8-4-5-11(18)9-19;1-5-8-10(7-3)11(12-4)9-6-2;1-3-4-2/h2-3,6-7,9,11H,4-5,8,10H2,1H3;5,7,9H,1,6,8H2,2-4H3;3-4H,1-2H3/b;10-7-,11-9+;4-3-/t11-;;/m0../s1. The number of likely N-dealkylation sites (tertiary alicyclic amines) is 1. The number of imidazole rings is 1. The van der Waals surface area contributed by atoms with Crippen LogP contribution >= 0.6 is 11.8 Å². The Balaban J connectivity index is 0.000000364. The van der Waals surface area contributed by atoms with E-state index < -0.39 is 0 Å². The molecule has 1 atom stereocenters. The maximum absolute atomic E-state index is 12.2. The summed E-state index contributed by atoms with van der Waals surface area (Å²) >= 11 is 1.42. The van der Waals surface area contributed by atoms with E-state index in [1.165, 1.54) is 17.3 Å². The normalized spacial score (nSPS) is 15.6. The van der Waals surface area contributed by atoms with Crippen LogP contribution < -0.4 is 0 Å². The summed E-state index contributed by atoms with van der Waals surface area (Å²) in [6.45, 7) is 12.5. The lowest BCUT2D eigenvalue weighted by Crippen LogP contribution is -2.37. The zero-order chi connectivity index (χ0) is 27.6. The Morgan fingerprint density at radius 2 is 1.95 bits per heavy atom. The number of hydrogen-bond acceptors (Lipinski definition) is 5. The fourth-order valence-corrected chi connectivity index (χ4v) is 4.63. The Morgan fingerprint density at radius 3 is 2.49 bits per heavy atom. The van der Waals surface area contributed by atoms with Gasteiger partial charge in [-0.3, -0.25) is 4.79 Å². The van der Waals surface area contributed by atoms with Crippen molar-refractivity contribution in [1.82, 2.24) is 14.5 Å². The van der Waals surface area contributed by atoms with E-state index in [9.17, 15) is 9.59 Å². The zero-order valence-corrected chi connectivity index (χ0v) is 24.1. The third-order valence-electron chi connectivity index (χ3n) is 5.82. The minimum absolute atomic E-state index is 0.0154. The van der Waals surface area contributed by atoms with Gasteiger partial charge in [0.05, 0.1) is 29.9 Å². The van der Waals surface area contributed by atoms with E-state index >= 15 is 0 Å². The maximum atomic E-state index is 12.2. The summed E-state index contributed by atoms with van der Waals surface area (Å²) in [7, 11) is 3.65. The number of ether oxygens (including phenoxy) is 1. The number of carbonyl (C=O) groups is 2. The Labute approximate surface area is 227 Å². The number of aldehydes is 1. The molecule has 3 rings (SSSR count). The number of aryl methyl sites for hydroxylation is 1. The van der Waals surface area contributed by atoms with Crippen LogP contribution in [0.5, 0.6) is 0 Å². The monoisotopic (exact) mass is 525 g/mol. The third kappa shape index (κ3) is 10.1. The molecule has 1 aliphatic rings. The number of carbonyl (C=O) groups excluding carboxylic acids is 2. The first-order valence-electron chi connectivity index (χ1n) is 12.8. The molecule has 2 aromatic rings. The SMILES string of the molecule is C/C=C\C.C=CCC(=C/C)/C(=C\CC)OC.Cn1c(SCC(=O)N2CCC[C@H]2C=O)nc2ccccc21. The molecular weight excluding hydrogens is 482 g/mol. The number of para-hydroxylation sites is 2. The molecule has 0 N–H and O–H groups in total. The molecule has 7 heteroatoms. The quantitative estimate of drug-likeness (QED) is 0.117. The number of allylic oxidation sites excluding steroid dienone is 6. The second kappa shape index (κ2) is 18.2. The van der Waals surface area contributed by atoms with Crippen molar-refractivity contribution < 1.29 is 14.3 Å². The second-order valence-corrected chi connectivity index (χ2v) is 9.26. The van der Waals surface area contributed by atoms with E-state index in [4.69, 9.17) is 4.74 Å². The molecule has 2 heterocycles. The number of rotatable bonds is 9. The number of fused-ring (bicyclic) bond motifs is 1. The Morgan fingerprint density at radius 1 is 1.24 bits per heavy atom. The molecule has 1 amide bonds. The van der Waals surface area contributed by atoms with Crippen molar-refractivity contribution in [3.8, 4) is 0 Å². The summed E-state index contributed by atoms with van der Waals surface area (Å²) in [4.78, 5) is 29.4. The molecule has 1 aliphatic heterocycles. The van der Waals surface area contributed by atoms with Gasteiger partial charge in [-0.05, 0) is 70.2 Å². The van der Waals surface area contributed by atoms with Gasteiger partial charge in [-0.25, -0.2) is 4.98 Å². The van der Waals surface area contributed by atoms with E-state index in [-0.39, 0.29) is 11.9 Å². The average molecular weight is 526 g/mol. The topological polar surface area (TPSA) is 64.4 Å². The first-order valence-corrected chi connectivity index (χ1v) is 13.8. The van der Waals surface area contributed by atoms with Crippen LogP contribution in [0.25, 0.3) is 11.0 Å². The summed E-state index contributed by atoms with van der Waals surface area (Å²) in [6.07, 6.45) is 14.5. The smallest absolute Gasteiger partial charge is 0.233 e. The number of methoxy groups -OCH3 is 1. The highest BCUT2D eigenvalue weighted by Gasteiger charge is 2.28. The van der Waals surface area contributed by atoms with Crippen LogP contribution in [0.2, 0.25) is 0 Å². The molecule has 0 radical (unpaired) electrons. The van der Waals surface area contributed by atoms with Gasteiger partial charge in [-0.15, -0.1) is 6.58 Å². The van der Waals surface area contributed by atoms with Gasteiger partial charge in [0.2, 0.25) is 5.91 Å². The van der Waals surface area contributed by atoms with Crippen LogP contribution in [-0.4, -0.2) is 52.1 Å². The average Bonchev–Trinajstić information content (AvgIpc) is 3.54. The molecule has 0 aliphatic carbocycles. The lowest BCUT2D eigenvalue weighted by molar-refractivity contribution is -0.131. The van der Waals surface area contributed by atoms with Crippen molar-refractivity contribution in [2.24, 2.45) is 7.05 Å². The van der Waals surface area contributed by atoms with Crippen molar-refractivity contribution in [2.75, 3.05) is 19.4 Å². The van der Waals surface area contributed by atoms with Crippen LogP contribution in [0.1, 0.15) is 53.4 Å². The Hall–Kier alpha value is -3.06. The van der Waals surface area contributed by atoms with E-state index in [1.807, 2.05) is 74.9 Å². The number of benzene rings is 1. The Kier molecular flexibility index (Phi) is 15.7. The number of nitrogens with zero attached hydrogens (tertiary/aromatic N) is 3. The summed E-state index contributed by atoms with van der Waals surface area (Å²) in [5.74, 6) is 1.31. The highest BCUT2D eigenvalue weighted by atomic mass is 32.2. The zero-order valence-electron chi connectivity index (χ0n) is 23.3. The Bertz CT molecular complexity index is 1080. The fraction of sp³-hybridized carbons (Fsp3) is 0.433. The molecule has 0 bridgehead atoms. The number of amides is 1. The molecule has 0 saturated carbocycles. The summed E-state index contributed by atoms with van der Waals surface area (Å²) < 4.78 is 7.24. The first-order chi connectivity index (χ1) is 17.9. The maximum Gasteiger partial charge on any atom is 0.233 e. The van der Waals surface area contributed by atoms with E-state index in [2.05, 4.69) is 30.6 Å². The lowest BCUT2D eigenvalue weighted by Gasteiger charge is -2.19. The van der Waals surface area contributed by atoms with Crippen molar-refractivity contribution in [3.05, 3.63) is 72.6 Å². The molecule has 0 spiro atoms. The van der Waals surface area contributed by atoms with Crippen LogP contribution in [0.4, 0.5) is 0 Å². The van der Waals surface area contributed by atoms with Gasteiger partial charge in [0, 0.05) is 13.6 Å². The third-order valence-corrected chi connectivity index (χ3v) is 6.83. The molecular formula is C30H43N3O3S. The van der Waals surface area contributed by atoms with Gasteiger partial charge < -0.3 is 19.0 Å². The van der Waals surface area contributed by atoms with Crippen molar-refractivity contribution in [3.63, 3.8) is 0 Å². The molecule has 202 valence electrons. The molecule has 1 fully saturated rings. The molecule has 6 nitrogen and oxygen atoms in total. The minimum Gasteiger partial charge on any atom is -0.497 e. The van der Waals surface area contributed by atoms with Crippen LogP contribution in [-0.2, 0) is 21.4 Å². The van der Waals surface area contributed by atoms with E-state index in [0.717, 1.165) is 53.9 Å². The minimum atomic E-state index is -0.237. The van der Waals surface area contributed by atoms with Gasteiger partial charge in [0.15, 0.2) is 5.16 Å². The predicted octanol–water partition coefficient (Wildman–Crippen LogP) is 6.89. The summed E-state index contributed by atoms with van der Waals surface area (Å²) in [6, 6.07) is 7.66. The number of hydrogen-bond donors (Lipinski definition) is 0. The summed E-state index contributed by atoms with van der Waals surface area (Å²) in [5, 5.41) is 0.825. The van der Waals surface area contributed by atoms with Gasteiger partial charge in [0.1, 0.15) is 12.0 Å². The van der Waals surface area contributed by atoms with Gasteiger partial charge >= 0.3 is 0 Å². The molecule has 1 aromatic heterocycles. The van der Waals surface area contributed by atoms with Crippen LogP contribution in [0.15, 0.2) is 77.7 Å². The molecule has 1 aromatic carbocycles. The van der Waals surface area contributed by atoms with Crippen molar-refractivity contribution >= 4 is 35.0 Å². The van der Waals surface area contributed by atoms with Gasteiger partial charge in [0.25, 0.3) is 0 Å². The van der Waals surface area contributed by atoms with E-state index in [0.29, 0.717) is 12.3 Å². The van der Waals surface area contributed by atoms with Gasteiger partial charge in [-0.1, -0.05) is 55.1 Å². The molecule has 37 heavy (non-hydrogen) atoms. The number of aromatic nitrogens is 2. The summed E-state index contributed by atoms with van der Waals surface area (Å²) in [5.41, 5.74) is 3.19. The van der Waals surface area contributed by atoms with Crippen molar-refractivity contribution in [1.29, 1.82) is 0 Å². The predicted molar refractivity (Wildman–Crippen MR) is 157 cm³/mol. The lowest BCUT2D eigenvalue weighted by atomic mass is 10.1. The van der Waals surface area contributed by atoms with Crippen molar-refractivity contribution in [2.45, 2.75) is 64.6 Å². The second-order valence-electron chi connectivity index (χ2n) is 8.32. The molecule has 1 saturated heterocycles. The highest BCUT2D eigenvalue weighted by molar-refractivity contribution is 7.99. The highest BCUT2D eigenvalue weighted by Crippen LogP contribution is 2.24. The number of thioether (sulfide) groups is 1. The van der Waals surface area contributed by atoms with Crippen LogP contribution in [0, 0.1) is 0 Å². The van der Waals surface area contributed by atoms with Crippen LogP contribution in [0.3, 0.4) is 0 Å². The van der Waals surface area contributed by atoms with Gasteiger partial charge in [-0.2, -0.15) is 0 Å². The first kappa shape index (κ1) is 32.0.